The summed E-state index contributed by atoms with van der Waals surface area (Å²) >= 11 is 0. The molecule has 0 radical (unpaired) electrons. The van der Waals surface area contributed by atoms with Gasteiger partial charge in [0, 0.05) is 12.8 Å². The Bertz CT molecular complexity index is 495. The summed E-state index contributed by atoms with van der Waals surface area (Å²) in [5.41, 5.74) is 0. The van der Waals surface area contributed by atoms with Crippen molar-refractivity contribution in [1.82, 2.24) is 0 Å². The Morgan fingerprint density at radius 3 is 1.54 bits per heavy atom. The van der Waals surface area contributed by atoms with Crippen LogP contribution in [0.2, 0.25) is 0 Å². The lowest BCUT2D eigenvalue weighted by Crippen LogP contribution is -2.67. The van der Waals surface area contributed by atoms with Crippen LogP contribution in [0.5, 0.6) is 0 Å². The number of alkyl halides is 13. The highest BCUT2D eigenvalue weighted by Crippen LogP contribution is 2.58. The smallest absolute Gasteiger partial charge is 0.371 e. The highest BCUT2D eigenvalue weighted by molar-refractivity contribution is 5.06. The fraction of sp³-hybridized carbons (Fsp3) is 1.00. The number of halogens is 13. The maximum Gasteiger partial charge on any atom is 0.426 e. The van der Waals surface area contributed by atoms with Gasteiger partial charge in [0.1, 0.15) is 6.10 Å². The van der Waals surface area contributed by atoms with E-state index in [-0.39, 0.29) is 6.61 Å². The first-order chi connectivity index (χ1) is 11.3. The van der Waals surface area contributed by atoms with Gasteiger partial charge in [0.05, 0.1) is 13.2 Å². The van der Waals surface area contributed by atoms with Gasteiger partial charge in [0.25, 0.3) is 0 Å². The molecule has 0 aromatic carbocycles. The standard InChI is InChI=1S/C11H9F13O2/c12-6(13,1-2-7(14,15)16)8(17,18)9(19,20)10(21,22)11(23,24)26-4-5-3-25-5/h5H,1-4H2. The van der Waals surface area contributed by atoms with Crippen LogP contribution in [-0.4, -0.2) is 55.3 Å². The molecule has 1 unspecified atom stereocenters. The van der Waals surface area contributed by atoms with Crippen molar-refractivity contribution in [3.05, 3.63) is 0 Å². The van der Waals surface area contributed by atoms with Crippen LogP contribution in [0, 0.1) is 0 Å². The molecular formula is C11H9F13O2. The van der Waals surface area contributed by atoms with Crippen molar-refractivity contribution >= 4 is 0 Å². The van der Waals surface area contributed by atoms with Gasteiger partial charge >= 0.3 is 36.0 Å². The van der Waals surface area contributed by atoms with Crippen LogP contribution in [-0.2, 0) is 9.47 Å². The summed E-state index contributed by atoms with van der Waals surface area (Å²) in [6.07, 6.45) is -18.8. The van der Waals surface area contributed by atoms with Crippen molar-refractivity contribution in [2.24, 2.45) is 0 Å². The van der Waals surface area contributed by atoms with E-state index in [4.69, 9.17) is 0 Å². The van der Waals surface area contributed by atoms with E-state index in [1.165, 1.54) is 0 Å². The summed E-state index contributed by atoms with van der Waals surface area (Å²) in [5.74, 6) is -28.3. The predicted octanol–water partition coefficient (Wildman–Crippen LogP) is 4.88. The van der Waals surface area contributed by atoms with Gasteiger partial charge in [-0.2, -0.15) is 57.1 Å². The average Bonchev–Trinajstić information content (AvgIpc) is 3.26. The van der Waals surface area contributed by atoms with Gasteiger partial charge in [-0.1, -0.05) is 0 Å². The number of ether oxygens (including phenoxy) is 2. The van der Waals surface area contributed by atoms with Gasteiger partial charge < -0.3 is 9.47 Å². The van der Waals surface area contributed by atoms with Crippen molar-refractivity contribution < 1.29 is 66.5 Å². The van der Waals surface area contributed by atoms with Crippen LogP contribution >= 0.6 is 0 Å². The molecule has 0 spiro atoms. The molecule has 0 aliphatic carbocycles. The molecule has 0 bridgehead atoms. The molecule has 0 aromatic heterocycles. The molecule has 15 heteroatoms. The Balaban J connectivity index is 3.08. The molecule has 1 heterocycles. The van der Waals surface area contributed by atoms with Gasteiger partial charge in [-0.3, -0.25) is 0 Å². The molecule has 0 amide bonds. The second-order valence-corrected chi connectivity index (χ2v) is 5.33. The molecule has 1 fully saturated rings. The maximum absolute atomic E-state index is 13.3. The Hall–Kier alpha value is -0.990. The van der Waals surface area contributed by atoms with Crippen LogP contribution in [0.25, 0.3) is 0 Å². The highest BCUT2D eigenvalue weighted by Gasteiger charge is 2.86. The van der Waals surface area contributed by atoms with Crippen molar-refractivity contribution in [2.75, 3.05) is 13.2 Å². The summed E-state index contributed by atoms with van der Waals surface area (Å²) in [7, 11) is 0. The van der Waals surface area contributed by atoms with Gasteiger partial charge in [-0.05, 0) is 0 Å². The molecule has 26 heavy (non-hydrogen) atoms. The zero-order chi connectivity index (χ0) is 20.8. The third-order valence-electron chi connectivity index (χ3n) is 3.19. The molecule has 1 saturated heterocycles. The fourth-order valence-corrected chi connectivity index (χ4v) is 1.52. The van der Waals surface area contributed by atoms with Gasteiger partial charge in [-0.25, -0.2) is 0 Å². The zero-order valence-corrected chi connectivity index (χ0v) is 12.1. The lowest BCUT2D eigenvalue weighted by molar-refractivity contribution is -0.446. The Morgan fingerprint density at radius 2 is 1.15 bits per heavy atom. The largest absolute Gasteiger partial charge is 0.426 e. The number of epoxide rings is 1. The molecule has 1 aliphatic rings. The number of hydrogen-bond donors (Lipinski definition) is 0. The second kappa shape index (κ2) is 6.56. The van der Waals surface area contributed by atoms with E-state index >= 15 is 0 Å². The average molecular weight is 420 g/mol. The van der Waals surface area contributed by atoms with Gasteiger partial charge in [-0.15, -0.1) is 0 Å². The van der Waals surface area contributed by atoms with Crippen molar-refractivity contribution in [3.8, 4) is 0 Å². The minimum absolute atomic E-state index is 0.288. The molecule has 0 aromatic rings. The van der Waals surface area contributed by atoms with Crippen molar-refractivity contribution in [2.45, 2.75) is 54.9 Å². The molecule has 1 aliphatic heterocycles. The van der Waals surface area contributed by atoms with Gasteiger partial charge in [0.2, 0.25) is 0 Å². The third-order valence-corrected chi connectivity index (χ3v) is 3.19. The lowest BCUT2D eigenvalue weighted by atomic mass is 9.95. The molecule has 0 saturated carbocycles. The summed E-state index contributed by atoms with van der Waals surface area (Å²) in [6, 6.07) is 0. The normalized spacial score (nSPS) is 20.4. The number of rotatable bonds is 9. The topological polar surface area (TPSA) is 21.8 Å². The van der Waals surface area contributed by atoms with E-state index in [9.17, 15) is 57.1 Å². The summed E-state index contributed by atoms with van der Waals surface area (Å²) < 4.78 is 175. The van der Waals surface area contributed by atoms with E-state index in [0.717, 1.165) is 0 Å². The van der Waals surface area contributed by atoms with E-state index in [0.29, 0.717) is 0 Å². The quantitative estimate of drug-likeness (QED) is 0.392. The molecule has 2 nitrogen and oxygen atoms in total. The fourth-order valence-electron chi connectivity index (χ4n) is 1.52. The number of hydrogen-bond acceptors (Lipinski definition) is 2. The maximum atomic E-state index is 13.3. The SMILES string of the molecule is FC(F)(F)CCC(F)(F)C(F)(F)C(F)(F)C(F)(F)C(F)(F)OCC1CO1. The third kappa shape index (κ3) is 4.28. The van der Waals surface area contributed by atoms with Crippen LogP contribution in [0.1, 0.15) is 12.8 Å². The molecular weight excluding hydrogens is 411 g/mol. The first kappa shape index (κ1) is 23.0. The summed E-state index contributed by atoms with van der Waals surface area (Å²) in [4.78, 5) is 0. The Morgan fingerprint density at radius 1 is 0.692 bits per heavy atom. The van der Waals surface area contributed by atoms with Crippen LogP contribution in [0.3, 0.4) is 0 Å². The minimum atomic E-state index is -7.46. The van der Waals surface area contributed by atoms with Gasteiger partial charge in [0.15, 0.2) is 0 Å². The van der Waals surface area contributed by atoms with Crippen LogP contribution in [0.15, 0.2) is 0 Å². The minimum Gasteiger partial charge on any atom is -0.371 e. The Kier molecular flexibility index (Phi) is 5.82. The van der Waals surface area contributed by atoms with Crippen molar-refractivity contribution in [1.29, 1.82) is 0 Å². The lowest BCUT2D eigenvalue weighted by Gasteiger charge is -2.39. The monoisotopic (exact) mass is 420 g/mol. The Labute approximate surface area is 136 Å². The first-order valence-electron chi connectivity index (χ1n) is 6.50. The van der Waals surface area contributed by atoms with Crippen LogP contribution < -0.4 is 0 Å². The summed E-state index contributed by atoms with van der Waals surface area (Å²) in [5, 5.41) is 0. The molecule has 156 valence electrons. The molecule has 1 atom stereocenters. The molecule has 0 N–H and O–H groups in total. The van der Waals surface area contributed by atoms with E-state index < -0.39 is 61.5 Å². The first-order valence-corrected chi connectivity index (χ1v) is 6.50. The second-order valence-electron chi connectivity index (χ2n) is 5.33. The van der Waals surface area contributed by atoms with Crippen molar-refractivity contribution in [3.63, 3.8) is 0 Å². The van der Waals surface area contributed by atoms with E-state index in [2.05, 4.69) is 9.47 Å². The highest BCUT2D eigenvalue weighted by atomic mass is 19.4. The summed E-state index contributed by atoms with van der Waals surface area (Å²) in [6.45, 7) is -1.72. The predicted molar refractivity (Wildman–Crippen MR) is 55.7 cm³/mol. The molecule has 1 rings (SSSR count). The van der Waals surface area contributed by atoms with E-state index in [1.807, 2.05) is 0 Å². The van der Waals surface area contributed by atoms with E-state index in [1.54, 1.807) is 0 Å². The van der Waals surface area contributed by atoms with Crippen LogP contribution in [0.4, 0.5) is 57.1 Å². The zero-order valence-electron chi connectivity index (χ0n) is 12.1.